The van der Waals surface area contributed by atoms with E-state index < -0.39 is 0 Å². The zero-order chi connectivity index (χ0) is 13.8. The van der Waals surface area contributed by atoms with Gasteiger partial charge in [-0.3, -0.25) is 0 Å². The molecule has 0 saturated heterocycles. The summed E-state index contributed by atoms with van der Waals surface area (Å²) < 4.78 is 1.93. The number of nitrogens with one attached hydrogen (secondary N) is 1. The first-order chi connectivity index (χ1) is 9.11. The van der Waals surface area contributed by atoms with E-state index in [-0.39, 0.29) is 0 Å². The predicted molar refractivity (Wildman–Crippen MR) is 76.6 cm³/mol. The van der Waals surface area contributed by atoms with Crippen molar-refractivity contribution in [3.8, 4) is 6.07 Å². The van der Waals surface area contributed by atoms with Crippen molar-refractivity contribution < 1.29 is 0 Å². The number of hydrogen-bond acceptors (Lipinski definition) is 2. The van der Waals surface area contributed by atoms with E-state index in [0.717, 1.165) is 18.8 Å². The lowest BCUT2D eigenvalue weighted by Crippen LogP contribution is -2.13. The van der Waals surface area contributed by atoms with Crippen LogP contribution in [0.15, 0.2) is 30.3 Å². The molecule has 0 unspecified atom stereocenters. The smallest absolute Gasteiger partial charge is 0.120 e. The molecule has 3 nitrogen and oxygen atoms in total. The van der Waals surface area contributed by atoms with Gasteiger partial charge in [-0.25, -0.2) is 0 Å². The molecule has 1 aromatic heterocycles. The topological polar surface area (TPSA) is 40.8 Å². The van der Waals surface area contributed by atoms with E-state index >= 15 is 0 Å². The third-order valence-electron chi connectivity index (χ3n) is 3.52. The molecule has 3 heteroatoms. The monoisotopic (exact) mass is 253 g/mol. The van der Waals surface area contributed by atoms with Crippen LogP contribution in [0.3, 0.4) is 0 Å². The highest BCUT2D eigenvalue weighted by atomic mass is 15.0. The lowest BCUT2D eigenvalue weighted by atomic mass is 10.1. The summed E-state index contributed by atoms with van der Waals surface area (Å²) in [5.41, 5.74) is 5.60. The van der Waals surface area contributed by atoms with Crippen LogP contribution in [-0.4, -0.2) is 4.57 Å². The van der Waals surface area contributed by atoms with E-state index in [1.807, 2.05) is 24.6 Å². The van der Waals surface area contributed by atoms with Crippen molar-refractivity contribution in [3.05, 3.63) is 58.4 Å². The second-order valence-corrected chi connectivity index (χ2v) is 4.90. The number of hydrogen-bond donors (Lipinski definition) is 1. The Morgan fingerprint density at radius 2 is 1.84 bits per heavy atom. The van der Waals surface area contributed by atoms with E-state index in [4.69, 9.17) is 5.26 Å². The summed E-state index contributed by atoms with van der Waals surface area (Å²) in [5, 5.41) is 12.4. The van der Waals surface area contributed by atoms with Crippen molar-refractivity contribution in [1.29, 1.82) is 5.26 Å². The van der Waals surface area contributed by atoms with Gasteiger partial charge in [0.2, 0.25) is 0 Å². The third-order valence-corrected chi connectivity index (χ3v) is 3.52. The first kappa shape index (κ1) is 13.4. The van der Waals surface area contributed by atoms with Gasteiger partial charge in [-0.1, -0.05) is 29.8 Å². The maximum atomic E-state index is 8.99. The lowest BCUT2D eigenvalue weighted by molar-refractivity contribution is 0.687. The van der Waals surface area contributed by atoms with Crippen LogP contribution in [0.4, 0.5) is 0 Å². The average molecular weight is 253 g/mol. The van der Waals surface area contributed by atoms with Gasteiger partial charge in [-0.15, -0.1) is 0 Å². The molecule has 98 valence electrons. The highest BCUT2D eigenvalue weighted by molar-refractivity contribution is 5.34. The van der Waals surface area contributed by atoms with Crippen LogP contribution in [0, 0.1) is 25.2 Å². The molecule has 1 heterocycles. The molecule has 0 amide bonds. The Hall–Kier alpha value is -2.05. The van der Waals surface area contributed by atoms with Gasteiger partial charge in [0.25, 0.3) is 0 Å². The van der Waals surface area contributed by atoms with Crippen molar-refractivity contribution in [3.63, 3.8) is 0 Å². The lowest BCUT2D eigenvalue weighted by Gasteiger charge is -2.06. The first-order valence-corrected chi connectivity index (χ1v) is 6.43. The molecular weight excluding hydrogens is 234 g/mol. The molecule has 19 heavy (non-hydrogen) atoms. The average Bonchev–Trinajstić information content (AvgIpc) is 2.69. The third kappa shape index (κ3) is 3.04. The minimum Gasteiger partial charge on any atom is -0.340 e. The Labute approximate surface area is 114 Å². The summed E-state index contributed by atoms with van der Waals surface area (Å²) in [6.07, 6.45) is 0. The number of benzene rings is 1. The van der Waals surface area contributed by atoms with E-state index in [2.05, 4.69) is 42.6 Å². The Kier molecular flexibility index (Phi) is 4.03. The van der Waals surface area contributed by atoms with Gasteiger partial charge in [0.1, 0.15) is 11.8 Å². The van der Waals surface area contributed by atoms with Gasteiger partial charge < -0.3 is 9.88 Å². The highest BCUT2D eigenvalue weighted by Crippen LogP contribution is 2.13. The Balaban J connectivity index is 1.96. The Morgan fingerprint density at radius 1 is 1.16 bits per heavy atom. The minimum atomic E-state index is 0.713. The van der Waals surface area contributed by atoms with Crippen LogP contribution in [0.2, 0.25) is 0 Å². The minimum absolute atomic E-state index is 0.713. The van der Waals surface area contributed by atoms with Crippen LogP contribution in [0.25, 0.3) is 0 Å². The van der Waals surface area contributed by atoms with Gasteiger partial charge in [-0.05, 0) is 31.0 Å². The fraction of sp³-hybridized carbons (Fsp3) is 0.312. The van der Waals surface area contributed by atoms with Gasteiger partial charge in [0, 0.05) is 25.8 Å². The number of nitriles is 1. The molecular formula is C16H19N3. The summed E-state index contributed by atoms with van der Waals surface area (Å²) in [5.74, 6) is 0. The van der Waals surface area contributed by atoms with Gasteiger partial charge in [0.15, 0.2) is 0 Å². The Bertz CT molecular complexity index is 600. The van der Waals surface area contributed by atoms with E-state index in [1.165, 1.54) is 16.7 Å². The maximum absolute atomic E-state index is 8.99. The van der Waals surface area contributed by atoms with E-state index in [9.17, 15) is 0 Å². The molecule has 0 atom stereocenters. The standard InChI is InChI=1S/C16H19N3/c1-12-4-6-14(7-5-12)10-18-11-15-8-16(9-17)19(3)13(15)2/h4-8,18H,10-11H2,1-3H3. The van der Waals surface area contributed by atoms with Crippen molar-refractivity contribution in [2.45, 2.75) is 26.9 Å². The normalized spacial score (nSPS) is 10.4. The van der Waals surface area contributed by atoms with E-state index in [1.54, 1.807) is 0 Å². The maximum Gasteiger partial charge on any atom is 0.120 e. The number of aryl methyl sites for hydroxylation is 1. The molecule has 0 bridgehead atoms. The molecule has 0 aliphatic carbocycles. The summed E-state index contributed by atoms with van der Waals surface area (Å²) in [6.45, 7) is 5.77. The van der Waals surface area contributed by atoms with Crippen LogP contribution in [0.5, 0.6) is 0 Å². The second kappa shape index (κ2) is 5.73. The van der Waals surface area contributed by atoms with Gasteiger partial charge in [0.05, 0.1) is 0 Å². The zero-order valence-corrected chi connectivity index (χ0v) is 11.7. The summed E-state index contributed by atoms with van der Waals surface area (Å²) in [6, 6.07) is 12.7. The number of rotatable bonds is 4. The molecule has 0 aliphatic heterocycles. The van der Waals surface area contributed by atoms with E-state index in [0.29, 0.717) is 5.69 Å². The summed E-state index contributed by atoms with van der Waals surface area (Å²) >= 11 is 0. The molecule has 0 radical (unpaired) electrons. The summed E-state index contributed by atoms with van der Waals surface area (Å²) in [7, 11) is 1.93. The van der Waals surface area contributed by atoms with Crippen molar-refractivity contribution in [1.82, 2.24) is 9.88 Å². The molecule has 0 aliphatic rings. The fourth-order valence-corrected chi connectivity index (χ4v) is 2.10. The van der Waals surface area contributed by atoms with Crippen LogP contribution >= 0.6 is 0 Å². The van der Waals surface area contributed by atoms with Crippen molar-refractivity contribution >= 4 is 0 Å². The molecule has 0 saturated carbocycles. The van der Waals surface area contributed by atoms with Crippen LogP contribution < -0.4 is 5.32 Å². The highest BCUT2D eigenvalue weighted by Gasteiger charge is 2.07. The second-order valence-electron chi connectivity index (χ2n) is 4.90. The quantitative estimate of drug-likeness (QED) is 0.910. The van der Waals surface area contributed by atoms with Crippen molar-refractivity contribution in [2.75, 3.05) is 0 Å². The Morgan fingerprint density at radius 3 is 2.42 bits per heavy atom. The number of aromatic nitrogens is 1. The van der Waals surface area contributed by atoms with Gasteiger partial charge >= 0.3 is 0 Å². The number of nitrogens with zero attached hydrogens (tertiary/aromatic N) is 2. The molecule has 2 aromatic rings. The largest absolute Gasteiger partial charge is 0.340 e. The molecule has 0 fully saturated rings. The molecule has 2 rings (SSSR count). The van der Waals surface area contributed by atoms with Gasteiger partial charge in [-0.2, -0.15) is 5.26 Å². The van der Waals surface area contributed by atoms with Crippen LogP contribution in [-0.2, 0) is 20.1 Å². The first-order valence-electron chi connectivity index (χ1n) is 6.43. The molecule has 0 spiro atoms. The molecule has 1 N–H and O–H groups in total. The summed E-state index contributed by atoms with van der Waals surface area (Å²) in [4.78, 5) is 0. The van der Waals surface area contributed by atoms with Crippen LogP contribution in [0.1, 0.15) is 28.1 Å². The fourth-order valence-electron chi connectivity index (χ4n) is 2.10. The molecule has 1 aromatic carbocycles. The SMILES string of the molecule is Cc1ccc(CNCc2cc(C#N)n(C)c2C)cc1. The van der Waals surface area contributed by atoms with Crippen molar-refractivity contribution in [2.24, 2.45) is 7.05 Å². The zero-order valence-electron chi connectivity index (χ0n) is 11.7. The predicted octanol–water partition coefficient (Wildman–Crippen LogP) is 2.80.